The summed E-state index contributed by atoms with van der Waals surface area (Å²) in [5.41, 5.74) is 1.36. The van der Waals surface area contributed by atoms with Crippen molar-refractivity contribution in [2.24, 2.45) is 0 Å². The van der Waals surface area contributed by atoms with Gasteiger partial charge in [-0.15, -0.1) is 0 Å². The lowest BCUT2D eigenvalue weighted by Crippen LogP contribution is -2.27. The van der Waals surface area contributed by atoms with E-state index in [1.807, 2.05) is 13.8 Å². The van der Waals surface area contributed by atoms with Crippen LogP contribution in [0.25, 0.3) is 6.08 Å². The summed E-state index contributed by atoms with van der Waals surface area (Å²) in [6, 6.07) is 10.6. The highest BCUT2D eigenvalue weighted by molar-refractivity contribution is 8.27. The zero-order valence-electron chi connectivity index (χ0n) is 15.2. The molecule has 0 aliphatic carbocycles. The van der Waals surface area contributed by atoms with E-state index in [1.165, 1.54) is 16.7 Å². The van der Waals surface area contributed by atoms with Crippen molar-refractivity contribution in [3.8, 4) is 11.5 Å². The lowest BCUT2D eigenvalue weighted by atomic mass is 10.1. The molecule has 1 amide bonds. The van der Waals surface area contributed by atoms with Crippen LogP contribution < -0.4 is 14.4 Å². The molecule has 0 bridgehead atoms. The van der Waals surface area contributed by atoms with Crippen molar-refractivity contribution in [2.75, 3.05) is 18.1 Å². The van der Waals surface area contributed by atoms with Gasteiger partial charge in [-0.25, -0.2) is 0 Å². The van der Waals surface area contributed by atoms with E-state index in [4.69, 9.17) is 44.9 Å². The molecule has 1 fully saturated rings. The fourth-order valence-electron chi connectivity index (χ4n) is 2.68. The number of nitrogens with zero attached hydrogens (tertiary/aromatic N) is 1. The van der Waals surface area contributed by atoms with Crippen LogP contribution in [-0.2, 0) is 4.79 Å². The van der Waals surface area contributed by atoms with Gasteiger partial charge in [0.15, 0.2) is 15.8 Å². The molecule has 8 heteroatoms. The molecule has 0 spiro atoms. The molecule has 0 saturated carbocycles. The predicted molar refractivity (Wildman–Crippen MR) is 121 cm³/mol. The summed E-state index contributed by atoms with van der Waals surface area (Å²) in [4.78, 5) is 14.9. The SMILES string of the molecule is CCOc1cc(/C=C2\SC(=S)N(c3cccc(Cl)c3)C2=O)cc(Cl)c1OCC. The molecule has 0 aromatic heterocycles. The minimum Gasteiger partial charge on any atom is -0.490 e. The van der Waals surface area contributed by atoms with Crippen molar-refractivity contribution in [3.63, 3.8) is 0 Å². The van der Waals surface area contributed by atoms with Crippen molar-refractivity contribution in [3.05, 3.63) is 56.9 Å². The van der Waals surface area contributed by atoms with Crippen LogP contribution in [0.5, 0.6) is 11.5 Å². The van der Waals surface area contributed by atoms with Gasteiger partial charge in [-0.05, 0) is 55.8 Å². The van der Waals surface area contributed by atoms with Crippen molar-refractivity contribution in [1.29, 1.82) is 0 Å². The van der Waals surface area contributed by atoms with Gasteiger partial charge in [0.2, 0.25) is 0 Å². The normalized spacial score (nSPS) is 15.4. The third-order valence-electron chi connectivity index (χ3n) is 3.78. The molecule has 146 valence electrons. The van der Waals surface area contributed by atoms with Gasteiger partial charge in [0.1, 0.15) is 0 Å². The molecule has 1 heterocycles. The Balaban J connectivity index is 1.95. The molecule has 0 radical (unpaired) electrons. The summed E-state index contributed by atoms with van der Waals surface area (Å²) >= 11 is 19.0. The maximum Gasteiger partial charge on any atom is 0.270 e. The molecule has 1 aliphatic rings. The fraction of sp³-hybridized carbons (Fsp3) is 0.200. The van der Waals surface area contributed by atoms with E-state index >= 15 is 0 Å². The summed E-state index contributed by atoms with van der Waals surface area (Å²) in [6.07, 6.45) is 1.74. The number of thioether (sulfide) groups is 1. The number of benzene rings is 2. The third kappa shape index (κ3) is 4.46. The molecule has 28 heavy (non-hydrogen) atoms. The summed E-state index contributed by atoms with van der Waals surface area (Å²) < 4.78 is 11.7. The van der Waals surface area contributed by atoms with Crippen molar-refractivity contribution in [1.82, 2.24) is 0 Å². The monoisotopic (exact) mass is 453 g/mol. The maximum absolute atomic E-state index is 12.9. The van der Waals surface area contributed by atoms with Crippen LogP contribution in [-0.4, -0.2) is 23.4 Å². The second kappa shape index (κ2) is 9.18. The van der Waals surface area contributed by atoms with Crippen LogP contribution in [0.4, 0.5) is 5.69 Å². The Hall–Kier alpha value is -1.73. The molecule has 0 unspecified atom stereocenters. The lowest BCUT2D eigenvalue weighted by Gasteiger charge is -2.14. The van der Waals surface area contributed by atoms with Gasteiger partial charge in [-0.3, -0.25) is 9.69 Å². The number of carbonyl (C=O) groups is 1. The minimum atomic E-state index is -0.208. The van der Waals surface area contributed by atoms with Crippen LogP contribution in [0.3, 0.4) is 0 Å². The van der Waals surface area contributed by atoms with E-state index in [0.717, 1.165) is 5.56 Å². The van der Waals surface area contributed by atoms with Crippen molar-refractivity contribution >= 4 is 69.2 Å². The highest BCUT2D eigenvalue weighted by atomic mass is 35.5. The maximum atomic E-state index is 12.9. The van der Waals surface area contributed by atoms with Gasteiger partial charge in [0.25, 0.3) is 5.91 Å². The number of hydrogen-bond donors (Lipinski definition) is 0. The molecule has 2 aromatic carbocycles. The van der Waals surface area contributed by atoms with Crippen molar-refractivity contribution < 1.29 is 14.3 Å². The summed E-state index contributed by atoms with van der Waals surface area (Å²) in [5.74, 6) is 0.822. The van der Waals surface area contributed by atoms with Crippen LogP contribution in [0.15, 0.2) is 41.3 Å². The fourth-order valence-corrected chi connectivity index (χ4v) is 4.43. The predicted octanol–water partition coefficient (Wildman–Crippen LogP) is 6.20. The third-order valence-corrected chi connectivity index (χ3v) is 5.60. The first-order chi connectivity index (χ1) is 13.4. The molecular formula is C20H17Cl2NO3S2. The summed E-state index contributed by atoms with van der Waals surface area (Å²) in [5, 5.41) is 0.958. The number of anilines is 1. The smallest absolute Gasteiger partial charge is 0.270 e. The van der Waals surface area contributed by atoms with Gasteiger partial charge in [-0.1, -0.05) is 53.2 Å². The number of hydrogen-bond acceptors (Lipinski definition) is 5. The molecule has 0 N–H and O–H groups in total. The zero-order chi connectivity index (χ0) is 20.3. The first kappa shape index (κ1) is 21.0. The van der Waals surface area contributed by atoms with Crippen LogP contribution in [0.1, 0.15) is 19.4 Å². The molecule has 4 nitrogen and oxygen atoms in total. The highest BCUT2D eigenvalue weighted by Gasteiger charge is 2.33. The van der Waals surface area contributed by atoms with E-state index in [-0.39, 0.29) is 5.91 Å². The quantitative estimate of drug-likeness (QED) is 0.384. The van der Waals surface area contributed by atoms with Gasteiger partial charge in [-0.2, -0.15) is 0 Å². The minimum absolute atomic E-state index is 0.208. The van der Waals surface area contributed by atoms with Crippen LogP contribution >= 0.6 is 47.2 Å². The van der Waals surface area contributed by atoms with Crippen LogP contribution in [0.2, 0.25) is 10.0 Å². The molecule has 0 atom stereocenters. The number of halogens is 2. The molecule has 1 saturated heterocycles. The second-order valence-corrected chi connectivity index (χ2v) is 8.21. The van der Waals surface area contributed by atoms with Crippen LogP contribution in [0, 0.1) is 0 Å². The Labute approximate surface area is 183 Å². The Morgan fingerprint density at radius 3 is 2.57 bits per heavy atom. The van der Waals surface area contributed by atoms with E-state index in [0.29, 0.717) is 49.7 Å². The largest absolute Gasteiger partial charge is 0.490 e. The Morgan fingerprint density at radius 1 is 1.14 bits per heavy atom. The molecule has 1 aliphatic heterocycles. The first-order valence-corrected chi connectivity index (χ1v) is 10.5. The summed E-state index contributed by atoms with van der Waals surface area (Å²) in [7, 11) is 0. The number of carbonyl (C=O) groups excluding carboxylic acids is 1. The van der Waals surface area contributed by atoms with E-state index in [9.17, 15) is 4.79 Å². The van der Waals surface area contributed by atoms with Gasteiger partial charge < -0.3 is 9.47 Å². The number of thiocarbonyl (C=S) groups is 1. The molecule has 2 aromatic rings. The lowest BCUT2D eigenvalue weighted by molar-refractivity contribution is -0.113. The van der Waals surface area contributed by atoms with Gasteiger partial charge in [0.05, 0.1) is 28.8 Å². The number of ether oxygens (including phenoxy) is 2. The number of amides is 1. The topological polar surface area (TPSA) is 38.8 Å². The average Bonchev–Trinajstić information content (AvgIpc) is 2.91. The average molecular weight is 454 g/mol. The Morgan fingerprint density at radius 2 is 1.89 bits per heavy atom. The van der Waals surface area contributed by atoms with E-state index < -0.39 is 0 Å². The first-order valence-electron chi connectivity index (χ1n) is 8.57. The van der Waals surface area contributed by atoms with Gasteiger partial charge >= 0.3 is 0 Å². The standard InChI is InChI=1S/C20H17Cl2NO3S2/c1-3-25-16-9-12(8-15(22)18(16)26-4-2)10-17-19(24)23(20(27)28-17)14-7-5-6-13(21)11-14/h5-11H,3-4H2,1-2H3/b17-10-. The van der Waals surface area contributed by atoms with E-state index in [2.05, 4.69) is 0 Å². The van der Waals surface area contributed by atoms with E-state index in [1.54, 1.807) is 42.5 Å². The number of rotatable bonds is 6. The Bertz CT molecular complexity index is 962. The highest BCUT2D eigenvalue weighted by Crippen LogP contribution is 2.40. The summed E-state index contributed by atoms with van der Waals surface area (Å²) in [6.45, 7) is 4.70. The zero-order valence-corrected chi connectivity index (χ0v) is 18.3. The molecular weight excluding hydrogens is 437 g/mol. The van der Waals surface area contributed by atoms with Crippen molar-refractivity contribution in [2.45, 2.75) is 13.8 Å². The van der Waals surface area contributed by atoms with Gasteiger partial charge in [0, 0.05) is 5.02 Å². The Kier molecular flexibility index (Phi) is 6.88. The molecule has 3 rings (SSSR count). The second-order valence-electron chi connectivity index (χ2n) is 5.69.